The summed E-state index contributed by atoms with van der Waals surface area (Å²) in [5.74, 6) is 0.562. The van der Waals surface area contributed by atoms with Crippen LogP contribution in [-0.2, 0) is 16.0 Å². The molecule has 0 heterocycles. The van der Waals surface area contributed by atoms with Gasteiger partial charge in [0.15, 0.2) is 0 Å². The molecule has 1 aromatic rings. The molecular weight excluding hydrogens is 212 g/mol. The number of ether oxygens (including phenoxy) is 1. The van der Waals surface area contributed by atoms with E-state index in [0.717, 1.165) is 6.42 Å². The molecule has 0 saturated heterocycles. The van der Waals surface area contributed by atoms with Crippen LogP contribution < -0.4 is 0 Å². The van der Waals surface area contributed by atoms with E-state index in [1.807, 2.05) is 18.2 Å². The number of hydrogen-bond acceptors (Lipinski definition) is 2. The van der Waals surface area contributed by atoms with Crippen molar-refractivity contribution < 1.29 is 9.53 Å². The number of esters is 1. The standard InChI is InChI=1S/C15H20O2/c16-15(12-14-8-4-5-9-14)17-11-10-13-6-2-1-3-7-13/h1-3,6-7,14H,4-5,8-12H2. The number of carbonyl (C=O) groups is 1. The minimum absolute atomic E-state index is 0.0205. The minimum Gasteiger partial charge on any atom is -0.465 e. The summed E-state index contributed by atoms with van der Waals surface area (Å²) in [7, 11) is 0. The first-order valence-corrected chi connectivity index (χ1v) is 6.54. The van der Waals surface area contributed by atoms with Crippen molar-refractivity contribution in [3.63, 3.8) is 0 Å². The molecule has 1 saturated carbocycles. The zero-order valence-electron chi connectivity index (χ0n) is 10.2. The molecule has 0 aromatic heterocycles. The van der Waals surface area contributed by atoms with Crippen molar-refractivity contribution in [2.75, 3.05) is 6.61 Å². The van der Waals surface area contributed by atoms with Crippen molar-refractivity contribution in [1.82, 2.24) is 0 Å². The first-order valence-electron chi connectivity index (χ1n) is 6.54. The summed E-state index contributed by atoms with van der Waals surface area (Å²) < 4.78 is 5.27. The molecule has 0 bridgehead atoms. The zero-order chi connectivity index (χ0) is 11.9. The van der Waals surface area contributed by atoms with Crippen LogP contribution in [0, 0.1) is 5.92 Å². The summed E-state index contributed by atoms with van der Waals surface area (Å²) in [4.78, 5) is 11.6. The molecule has 0 spiro atoms. The average molecular weight is 232 g/mol. The average Bonchev–Trinajstić information content (AvgIpc) is 2.83. The lowest BCUT2D eigenvalue weighted by atomic mass is 10.0. The topological polar surface area (TPSA) is 26.3 Å². The molecule has 0 radical (unpaired) electrons. The molecule has 1 fully saturated rings. The van der Waals surface area contributed by atoms with Crippen LogP contribution in [0.3, 0.4) is 0 Å². The van der Waals surface area contributed by atoms with Gasteiger partial charge in [0.1, 0.15) is 0 Å². The lowest BCUT2D eigenvalue weighted by Crippen LogP contribution is -2.11. The first kappa shape index (κ1) is 12.2. The fourth-order valence-corrected chi connectivity index (χ4v) is 2.44. The second-order valence-corrected chi connectivity index (χ2v) is 4.81. The normalized spacial score (nSPS) is 16.0. The van der Waals surface area contributed by atoms with Crippen LogP contribution in [0.4, 0.5) is 0 Å². The van der Waals surface area contributed by atoms with Gasteiger partial charge >= 0.3 is 5.97 Å². The summed E-state index contributed by atoms with van der Waals surface area (Å²) in [5, 5.41) is 0. The lowest BCUT2D eigenvalue weighted by Gasteiger charge is -2.08. The van der Waals surface area contributed by atoms with E-state index in [2.05, 4.69) is 12.1 Å². The predicted octanol–water partition coefficient (Wildman–Crippen LogP) is 3.35. The van der Waals surface area contributed by atoms with Gasteiger partial charge in [-0.25, -0.2) is 0 Å². The van der Waals surface area contributed by atoms with E-state index in [1.54, 1.807) is 0 Å². The zero-order valence-corrected chi connectivity index (χ0v) is 10.2. The maximum Gasteiger partial charge on any atom is 0.306 e. The van der Waals surface area contributed by atoms with Crippen LogP contribution in [0.1, 0.15) is 37.7 Å². The van der Waals surface area contributed by atoms with Crippen LogP contribution >= 0.6 is 0 Å². The van der Waals surface area contributed by atoms with Crippen LogP contribution in [-0.4, -0.2) is 12.6 Å². The maximum atomic E-state index is 11.6. The molecule has 1 aliphatic rings. The van der Waals surface area contributed by atoms with E-state index in [1.165, 1.54) is 31.2 Å². The van der Waals surface area contributed by atoms with Gasteiger partial charge in [0, 0.05) is 12.8 Å². The van der Waals surface area contributed by atoms with Crippen molar-refractivity contribution in [1.29, 1.82) is 0 Å². The van der Waals surface area contributed by atoms with Crippen molar-refractivity contribution in [2.45, 2.75) is 38.5 Å². The van der Waals surface area contributed by atoms with E-state index < -0.39 is 0 Å². The van der Waals surface area contributed by atoms with Gasteiger partial charge < -0.3 is 4.74 Å². The van der Waals surface area contributed by atoms with E-state index in [-0.39, 0.29) is 5.97 Å². The Morgan fingerprint density at radius 2 is 1.88 bits per heavy atom. The third-order valence-corrected chi connectivity index (χ3v) is 3.43. The first-order chi connectivity index (χ1) is 8.34. The molecule has 17 heavy (non-hydrogen) atoms. The Hall–Kier alpha value is -1.31. The molecular formula is C15H20O2. The highest BCUT2D eigenvalue weighted by Gasteiger charge is 2.18. The highest BCUT2D eigenvalue weighted by Crippen LogP contribution is 2.27. The summed E-state index contributed by atoms with van der Waals surface area (Å²) in [5.41, 5.74) is 1.22. The van der Waals surface area contributed by atoms with Gasteiger partial charge in [-0.05, 0) is 24.3 Å². The molecule has 0 aliphatic heterocycles. The van der Waals surface area contributed by atoms with Crippen molar-refractivity contribution in [3.05, 3.63) is 35.9 Å². The molecule has 0 atom stereocenters. The fourth-order valence-electron chi connectivity index (χ4n) is 2.44. The van der Waals surface area contributed by atoms with Crippen molar-refractivity contribution in [2.24, 2.45) is 5.92 Å². The van der Waals surface area contributed by atoms with E-state index in [9.17, 15) is 4.79 Å². The highest BCUT2D eigenvalue weighted by molar-refractivity contribution is 5.69. The van der Waals surface area contributed by atoms with Crippen molar-refractivity contribution >= 4 is 5.97 Å². The second kappa shape index (κ2) is 6.43. The van der Waals surface area contributed by atoms with Crippen LogP contribution in [0.15, 0.2) is 30.3 Å². The van der Waals surface area contributed by atoms with Gasteiger partial charge in [0.2, 0.25) is 0 Å². The smallest absolute Gasteiger partial charge is 0.306 e. The Morgan fingerprint density at radius 3 is 2.59 bits per heavy atom. The van der Waals surface area contributed by atoms with E-state index in [0.29, 0.717) is 18.9 Å². The molecule has 0 N–H and O–H groups in total. The Balaban J connectivity index is 1.63. The molecule has 1 aromatic carbocycles. The van der Waals surface area contributed by atoms with Gasteiger partial charge in [-0.2, -0.15) is 0 Å². The van der Waals surface area contributed by atoms with Crippen LogP contribution in [0.25, 0.3) is 0 Å². The SMILES string of the molecule is O=C(CC1CCCC1)OCCc1ccccc1. The molecule has 0 unspecified atom stereocenters. The number of carbonyl (C=O) groups excluding carboxylic acids is 1. The van der Waals surface area contributed by atoms with Crippen LogP contribution in [0.2, 0.25) is 0 Å². The summed E-state index contributed by atoms with van der Waals surface area (Å²) >= 11 is 0. The van der Waals surface area contributed by atoms with E-state index in [4.69, 9.17) is 4.74 Å². The number of hydrogen-bond donors (Lipinski definition) is 0. The Kier molecular flexibility index (Phi) is 4.60. The second-order valence-electron chi connectivity index (χ2n) is 4.81. The largest absolute Gasteiger partial charge is 0.465 e. The van der Waals surface area contributed by atoms with Gasteiger partial charge in [-0.1, -0.05) is 43.2 Å². The Labute approximate surface area is 103 Å². The van der Waals surface area contributed by atoms with Gasteiger partial charge in [0.25, 0.3) is 0 Å². The quantitative estimate of drug-likeness (QED) is 0.728. The molecule has 2 heteroatoms. The molecule has 2 nitrogen and oxygen atoms in total. The molecule has 0 amide bonds. The molecule has 2 rings (SSSR count). The third kappa shape index (κ3) is 4.22. The maximum absolute atomic E-state index is 11.6. The number of benzene rings is 1. The van der Waals surface area contributed by atoms with Gasteiger partial charge in [-0.15, -0.1) is 0 Å². The lowest BCUT2D eigenvalue weighted by molar-refractivity contribution is -0.144. The Morgan fingerprint density at radius 1 is 1.18 bits per heavy atom. The number of rotatable bonds is 5. The van der Waals surface area contributed by atoms with Crippen LogP contribution in [0.5, 0.6) is 0 Å². The summed E-state index contributed by atoms with van der Waals surface area (Å²) in [6, 6.07) is 10.1. The Bertz CT molecular complexity index is 339. The van der Waals surface area contributed by atoms with Crippen molar-refractivity contribution in [3.8, 4) is 0 Å². The fraction of sp³-hybridized carbons (Fsp3) is 0.533. The van der Waals surface area contributed by atoms with Gasteiger partial charge in [-0.3, -0.25) is 4.79 Å². The summed E-state index contributed by atoms with van der Waals surface area (Å²) in [6.45, 7) is 0.509. The third-order valence-electron chi connectivity index (χ3n) is 3.43. The highest BCUT2D eigenvalue weighted by atomic mass is 16.5. The van der Waals surface area contributed by atoms with E-state index >= 15 is 0 Å². The molecule has 92 valence electrons. The summed E-state index contributed by atoms with van der Waals surface area (Å²) in [6.07, 6.45) is 6.40. The monoisotopic (exact) mass is 232 g/mol. The molecule has 1 aliphatic carbocycles. The van der Waals surface area contributed by atoms with Gasteiger partial charge in [0.05, 0.1) is 6.61 Å². The predicted molar refractivity (Wildman–Crippen MR) is 67.7 cm³/mol. The minimum atomic E-state index is -0.0205.